The molecule has 4 rings (SSSR count). The summed E-state index contributed by atoms with van der Waals surface area (Å²) in [6, 6.07) is 0.181. The SMILES string of the molecule is Cc1cc(C(=O)N[C@@H]2CCN(C3C(C(=O)N4CCOCC4)CC(Br)CC3C(F)F)C2)c(F)c(=O)[nH]1. The first-order valence-electron chi connectivity index (χ1n) is 11.9. The van der Waals surface area contributed by atoms with Crippen molar-refractivity contribution < 1.29 is 27.5 Å². The Kier molecular flexibility index (Phi) is 8.22. The van der Waals surface area contributed by atoms with Crippen LogP contribution in [0.2, 0.25) is 0 Å². The molecule has 0 spiro atoms. The van der Waals surface area contributed by atoms with E-state index >= 15 is 0 Å². The van der Waals surface area contributed by atoms with Gasteiger partial charge in [-0.1, -0.05) is 15.9 Å². The van der Waals surface area contributed by atoms with E-state index in [0.29, 0.717) is 51.4 Å². The van der Waals surface area contributed by atoms with Crippen LogP contribution in [0, 0.1) is 24.6 Å². The normalized spacial score (nSPS) is 30.0. The number of likely N-dealkylation sites (tertiary alicyclic amines) is 1. The highest BCUT2D eigenvalue weighted by Gasteiger charge is 2.49. The van der Waals surface area contributed by atoms with Gasteiger partial charge in [0.05, 0.1) is 24.7 Å². The van der Waals surface area contributed by atoms with Crippen LogP contribution in [0.25, 0.3) is 0 Å². The van der Waals surface area contributed by atoms with E-state index in [9.17, 15) is 27.6 Å². The number of morpholine rings is 1. The number of rotatable bonds is 5. The number of hydrogen-bond donors (Lipinski definition) is 2. The maximum Gasteiger partial charge on any atom is 0.284 e. The molecule has 3 aliphatic rings. The van der Waals surface area contributed by atoms with E-state index < -0.39 is 47.6 Å². The van der Waals surface area contributed by atoms with E-state index in [1.54, 1.807) is 11.8 Å². The number of amides is 2. The Labute approximate surface area is 209 Å². The Balaban J connectivity index is 1.50. The van der Waals surface area contributed by atoms with Crippen LogP contribution in [0.5, 0.6) is 0 Å². The number of alkyl halides is 3. The highest BCUT2D eigenvalue weighted by Crippen LogP contribution is 2.41. The summed E-state index contributed by atoms with van der Waals surface area (Å²) in [5.41, 5.74) is -0.973. The molecule has 8 nitrogen and oxygen atoms in total. The van der Waals surface area contributed by atoms with Gasteiger partial charge in [0.2, 0.25) is 18.1 Å². The Morgan fingerprint density at radius 2 is 1.94 bits per heavy atom. The summed E-state index contributed by atoms with van der Waals surface area (Å²) in [6.45, 7) is 3.97. The molecule has 2 amide bonds. The molecule has 12 heteroatoms. The standard InChI is InChI=1S/C23H30BrF3N4O4/c1-12-8-15(18(25)22(33)28-12)21(32)29-14-2-3-31(11-14)19-16(20(26)27)9-13(24)10-17(19)23(34)30-4-6-35-7-5-30/h8,13-14,16-17,19-20H,2-7,9-11H2,1H3,(H,28,33)(H,29,32)/t13?,14-,16?,17?,19?/m1/s1. The van der Waals surface area contributed by atoms with E-state index in [0.717, 1.165) is 0 Å². The van der Waals surface area contributed by atoms with Gasteiger partial charge in [-0.3, -0.25) is 19.3 Å². The molecule has 4 unspecified atom stereocenters. The lowest BCUT2D eigenvalue weighted by Gasteiger charge is -2.45. The van der Waals surface area contributed by atoms with Crippen molar-refractivity contribution in [3.63, 3.8) is 0 Å². The van der Waals surface area contributed by atoms with Crippen molar-refractivity contribution in [1.82, 2.24) is 20.1 Å². The number of H-pyrrole nitrogens is 1. The molecule has 0 bridgehead atoms. The van der Waals surface area contributed by atoms with Gasteiger partial charge in [-0.2, -0.15) is 0 Å². The number of aryl methyl sites for hydroxylation is 1. The second kappa shape index (κ2) is 11.0. The zero-order valence-corrected chi connectivity index (χ0v) is 21.0. The van der Waals surface area contributed by atoms with E-state index in [4.69, 9.17) is 4.74 Å². The van der Waals surface area contributed by atoms with Crippen molar-refractivity contribution in [2.75, 3.05) is 39.4 Å². The second-order valence-corrected chi connectivity index (χ2v) is 10.9. The Bertz CT molecular complexity index is 1000. The predicted octanol–water partition coefficient (Wildman–Crippen LogP) is 1.91. The molecule has 3 heterocycles. The predicted molar refractivity (Wildman–Crippen MR) is 125 cm³/mol. The van der Waals surface area contributed by atoms with Gasteiger partial charge in [0.25, 0.3) is 11.5 Å². The lowest BCUT2D eigenvalue weighted by Crippen LogP contribution is -2.57. The maximum atomic E-state index is 14.2. The third-order valence-electron chi connectivity index (χ3n) is 7.18. The van der Waals surface area contributed by atoms with E-state index in [1.165, 1.54) is 6.07 Å². The number of nitrogens with one attached hydrogen (secondary N) is 2. The van der Waals surface area contributed by atoms with Crippen LogP contribution >= 0.6 is 15.9 Å². The van der Waals surface area contributed by atoms with Crippen molar-refractivity contribution in [3.05, 3.63) is 33.5 Å². The van der Waals surface area contributed by atoms with Crippen LogP contribution in [0.1, 0.15) is 35.3 Å². The number of ether oxygens (including phenoxy) is 1. The van der Waals surface area contributed by atoms with Crippen LogP contribution < -0.4 is 10.9 Å². The quantitative estimate of drug-likeness (QED) is 0.535. The molecule has 1 saturated carbocycles. The van der Waals surface area contributed by atoms with Gasteiger partial charge >= 0.3 is 0 Å². The van der Waals surface area contributed by atoms with Crippen molar-refractivity contribution in [2.45, 2.75) is 49.5 Å². The first-order chi connectivity index (χ1) is 16.7. The first kappa shape index (κ1) is 26.2. The number of nitrogens with zero attached hydrogens (tertiary/aromatic N) is 2. The lowest BCUT2D eigenvalue weighted by molar-refractivity contribution is -0.146. The summed E-state index contributed by atoms with van der Waals surface area (Å²) in [5, 5.41) is 2.74. The summed E-state index contributed by atoms with van der Waals surface area (Å²) in [7, 11) is 0. The number of pyridine rings is 1. The highest BCUT2D eigenvalue weighted by molar-refractivity contribution is 9.09. The Morgan fingerprint density at radius 3 is 2.63 bits per heavy atom. The first-order valence-corrected chi connectivity index (χ1v) is 12.8. The summed E-state index contributed by atoms with van der Waals surface area (Å²) in [5.74, 6) is -3.62. The zero-order chi connectivity index (χ0) is 25.3. The number of carbonyl (C=O) groups is 2. The highest BCUT2D eigenvalue weighted by atomic mass is 79.9. The van der Waals surface area contributed by atoms with Gasteiger partial charge in [-0.25, -0.2) is 13.2 Å². The summed E-state index contributed by atoms with van der Waals surface area (Å²) >= 11 is 3.49. The van der Waals surface area contributed by atoms with Crippen molar-refractivity contribution in [3.8, 4) is 0 Å². The number of aromatic amines is 1. The van der Waals surface area contributed by atoms with Gasteiger partial charge in [-0.15, -0.1) is 0 Å². The van der Waals surface area contributed by atoms with Crippen LogP contribution in [0.4, 0.5) is 13.2 Å². The average Bonchev–Trinajstić information content (AvgIpc) is 3.28. The largest absolute Gasteiger partial charge is 0.378 e. The monoisotopic (exact) mass is 562 g/mol. The third kappa shape index (κ3) is 5.75. The minimum atomic E-state index is -2.60. The van der Waals surface area contributed by atoms with Gasteiger partial charge < -0.3 is 19.9 Å². The minimum absolute atomic E-state index is 0.137. The minimum Gasteiger partial charge on any atom is -0.378 e. The molecular formula is C23H30BrF3N4O4. The zero-order valence-electron chi connectivity index (χ0n) is 19.4. The summed E-state index contributed by atoms with van der Waals surface area (Å²) in [4.78, 5) is 43.5. The molecule has 2 aliphatic heterocycles. The van der Waals surface area contributed by atoms with Gasteiger partial charge in [0, 0.05) is 54.7 Å². The van der Waals surface area contributed by atoms with Crippen LogP contribution in [0.15, 0.2) is 10.9 Å². The molecule has 1 aliphatic carbocycles. The van der Waals surface area contributed by atoms with E-state index in [-0.39, 0.29) is 29.3 Å². The molecular weight excluding hydrogens is 533 g/mol. The number of halogens is 4. The third-order valence-corrected chi connectivity index (χ3v) is 7.93. The Hall–Kier alpha value is -1.92. The van der Waals surface area contributed by atoms with Crippen LogP contribution in [-0.2, 0) is 9.53 Å². The van der Waals surface area contributed by atoms with Crippen LogP contribution in [0.3, 0.4) is 0 Å². The van der Waals surface area contributed by atoms with Crippen LogP contribution in [-0.4, -0.2) is 89.3 Å². The molecule has 0 aromatic carbocycles. The average molecular weight is 563 g/mol. The molecule has 5 atom stereocenters. The number of carbonyl (C=O) groups excluding carboxylic acids is 2. The fourth-order valence-corrected chi connectivity index (χ4v) is 6.40. The molecule has 1 aromatic rings. The fourth-order valence-electron chi connectivity index (χ4n) is 5.56. The molecule has 0 radical (unpaired) electrons. The molecule has 1 aromatic heterocycles. The molecule has 2 N–H and O–H groups in total. The van der Waals surface area contributed by atoms with Crippen molar-refractivity contribution >= 4 is 27.7 Å². The number of aromatic nitrogens is 1. The van der Waals surface area contributed by atoms with Crippen molar-refractivity contribution in [2.24, 2.45) is 11.8 Å². The topological polar surface area (TPSA) is 94.7 Å². The second-order valence-electron chi connectivity index (χ2n) is 9.56. The van der Waals surface area contributed by atoms with Crippen molar-refractivity contribution in [1.29, 1.82) is 0 Å². The molecule has 2 saturated heterocycles. The summed E-state index contributed by atoms with van der Waals surface area (Å²) in [6.07, 6.45) is -1.42. The Morgan fingerprint density at radius 1 is 1.23 bits per heavy atom. The number of hydrogen-bond acceptors (Lipinski definition) is 5. The summed E-state index contributed by atoms with van der Waals surface area (Å²) < 4.78 is 47.9. The molecule has 194 valence electrons. The lowest BCUT2D eigenvalue weighted by atomic mass is 9.75. The van der Waals surface area contributed by atoms with Gasteiger partial charge in [0.1, 0.15) is 0 Å². The molecule has 3 fully saturated rings. The van der Waals surface area contributed by atoms with Gasteiger partial charge in [-0.05, 0) is 32.3 Å². The van der Waals surface area contributed by atoms with E-state index in [2.05, 4.69) is 26.2 Å². The van der Waals surface area contributed by atoms with Gasteiger partial charge in [0.15, 0.2) is 0 Å². The fraction of sp³-hybridized carbons (Fsp3) is 0.696. The van der Waals surface area contributed by atoms with E-state index in [1.807, 2.05) is 4.90 Å². The maximum absolute atomic E-state index is 14.2. The smallest absolute Gasteiger partial charge is 0.284 e. The molecule has 35 heavy (non-hydrogen) atoms.